The van der Waals surface area contributed by atoms with E-state index in [1.807, 2.05) is 0 Å². The summed E-state index contributed by atoms with van der Waals surface area (Å²) in [7, 11) is 4.47. The van der Waals surface area contributed by atoms with E-state index in [-0.39, 0.29) is 17.7 Å². The van der Waals surface area contributed by atoms with Crippen LogP contribution in [0.25, 0.3) is 0 Å². The van der Waals surface area contributed by atoms with Gasteiger partial charge < -0.3 is 18.9 Å². The number of halogens is 1. The molecule has 0 aromatic heterocycles. The van der Waals surface area contributed by atoms with E-state index < -0.39 is 6.10 Å². The van der Waals surface area contributed by atoms with Gasteiger partial charge in [0.15, 0.2) is 23.4 Å². The van der Waals surface area contributed by atoms with Crippen LogP contribution >= 0.6 is 0 Å². The number of Topliss-reactive ketones (excluding diaryl/α,β-unsaturated/α-hetero) is 1. The van der Waals surface area contributed by atoms with Gasteiger partial charge in [-0.1, -0.05) is 12.1 Å². The third kappa shape index (κ3) is 2.92. The second kappa shape index (κ2) is 6.49. The largest absolute Gasteiger partial charge is 0.493 e. The van der Waals surface area contributed by atoms with Gasteiger partial charge in [-0.05, 0) is 29.8 Å². The summed E-state index contributed by atoms with van der Waals surface area (Å²) in [5, 5.41) is 0. The van der Waals surface area contributed by atoms with Crippen LogP contribution < -0.4 is 14.2 Å². The zero-order valence-corrected chi connectivity index (χ0v) is 13.5. The van der Waals surface area contributed by atoms with E-state index in [9.17, 15) is 9.18 Å². The highest BCUT2D eigenvalue weighted by Gasteiger charge is 2.46. The molecule has 2 unspecified atom stereocenters. The smallest absolute Gasteiger partial charge is 0.203 e. The number of ketones is 1. The summed E-state index contributed by atoms with van der Waals surface area (Å²) < 4.78 is 34.2. The predicted octanol–water partition coefficient (Wildman–Crippen LogP) is 3.17. The van der Waals surface area contributed by atoms with Gasteiger partial charge in [0.1, 0.15) is 11.9 Å². The van der Waals surface area contributed by atoms with Crippen molar-refractivity contribution < 1.29 is 28.1 Å². The topological polar surface area (TPSA) is 57.3 Å². The fourth-order valence-corrected chi connectivity index (χ4v) is 2.61. The van der Waals surface area contributed by atoms with Gasteiger partial charge in [0.05, 0.1) is 21.3 Å². The zero-order chi connectivity index (χ0) is 17.3. The Kier molecular flexibility index (Phi) is 4.40. The highest BCUT2D eigenvalue weighted by atomic mass is 19.1. The summed E-state index contributed by atoms with van der Waals surface area (Å²) >= 11 is 0. The molecular weight excluding hydrogens is 315 g/mol. The maximum atomic E-state index is 13.0. The predicted molar refractivity (Wildman–Crippen MR) is 84.4 cm³/mol. The Bertz CT molecular complexity index is 731. The van der Waals surface area contributed by atoms with E-state index in [0.29, 0.717) is 22.8 Å². The molecule has 24 heavy (non-hydrogen) atoms. The number of benzene rings is 2. The van der Waals surface area contributed by atoms with Crippen LogP contribution in [-0.2, 0) is 4.74 Å². The second-order valence-corrected chi connectivity index (χ2v) is 5.31. The van der Waals surface area contributed by atoms with Gasteiger partial charge in [0.2, 0.25) is 5.75 Å². The van der Waals surface area contributed by atoms with Gasteiger partial charge in [-0.15, -0.1) is 0 Å². The lowest BCUT2D eigenvalue weighted by Gasteiger charge is -2.13. The van der Waals surface area contributed by atoms with Gasteiger partial charge >= 0.3 is 0 Å². The molecule has 2 aromatic rings. The van der Waals surface area contributed by atoms with Crippen LogP contribution in [0, 0.1) is 5.82 Å². The van der Waals surface area contributed by atoms with E-state index in [0.717, 1.165) is 5.56 Å². The Balaban J connectivity index is 1.85. The summed E-state index contributed by atoms with van der Waals surface area (Å²) in [6.07, 6.45) is -0.963. The molecule has 2 aromatic carbocycles. The number of rotatable bonds is 6. The Labute approximate surface area is 138 Å². The van der Waals surface area contributed by atoms with Crippen LogP contribution in [0.2, 0.25) is 0 Å². The Morgan fingerprint density at radius 3 is 2.08 bits per heavy atom. The average Bonchev–Trinajstić information content (AvgIpc) is 3.41. The quantitative estimate of drug-likeness (QED) is 0.601. The molecule has 0 amide bonds. The summed E-state index contributed by atoms with van der Waals surface area (Å²) in [4.78, 5) is 12.6. The third-order valence-electron chi connectivity index (χ3n) is 3.90. The summed E-state index contributed by atoms with van der Waals surface area (Å²) in [6.45, 7) is 0. The molecule has 1 heterocycles. The highest BCUT2D eigenvalue weighted by molar-refractivity contribution is 6.02. The van der Waals surface area contributed by atoms with Crippen molar-refractivity contribution in [1.29, 1.82) is 0 Å². The summed E-state index contributed by atoms with van der Waals surface area (Å²) in [5.41, 5.74) is 1.17. The van der Waals surface area contributed by atoms with E-state index >= 15 is 0 Å². The molecule has 0 bridgehead atoms. The van der Waals surface area contributed by atoms with Crippen molar-refractivity contribution in [3.05, 3.63) is 53.3 Å². The molecule has 126 valence electrons. The van der Waals surface area contributed by atoms with E-state index in [2.05, 4.69) is 0 Å². The Morgan fingerprint density at radius 1 is 1.00 bits per heavy atom. The molecule has 0 N–H and O–H groups in total. The van der Waals surface area contributed by atoms with E-state index in [1.54, 1.807) is 24.3 Å². The SMILES string of the molecule is COc1cc(C(=O)C2OC2c2ccc(F)cc2)cc(OC)c1OC. The number of ether oxygens (including phenoxy) is 4. The molecule has 1 saturated heterocycles. The Hall–Kier alpha value is -2.60. The molecule has 0 saturated carbocycles. The second-order valence-electron chi connectivity index (χ2n) is 5.31. The molecule has 0 spiro atoms. The van der Waals surface area contributed by atoms with Crippen LogP contribution in [0.1, 0.15) is 22.0 Å². The van der Waals surface area contributed by atoms with Crippen LogP contribution in [0.5, 0.6) is 17.2 Å². The molecule has 5 nitrogen and oxygen atoms in total. The maximum absolute atomic E-state index is 13.0. The van der Waals surface area contributed by atoms with Gasteiger partial charge in [-0.25, -0.2) is 4.39 Å². The van der Waals surface area contributed by atoms with Crippen LogP contribution in [-0.4, -0.2) is 33.2 Å². The molecule has 6 heteroatoms. The lowest BCUT2D eigenvalue weighted by atomic mass is 10.0. The zero-order valence-electron chi connectivity index (χ0n) is 13.5. The highest BCUT2D eigenvalue weighted by Crippen LogP contribution is 2.43. The number of methoxy groups -OCH3 is 3. The number of hydrogen-bond donors (Lipinski definition) is 0. The molecule has 3 rings (SSSR count). The first-order valence-electron chi connectivity index (χ1n) is 7.34. The first-order chi connectivity index (χ1) is 11.6. The number of carbonyl (C=O) groups excluding carboxylic acids is 1. The molecule has 1 aliphatic heterocycles. The van der Waals surface area contributed by atoms with Crippen molar-refractivity contribution >= 4 is 5.78 Å². The average molecular weight is 332 g/mol. The first kappa shape index (κ1) is 16.3. The monoisotopic (exact) mass is 332 g/mol. The fourth-order valence-electron chi connectivity index (χ4n) is 2.61. The van der Waals surface area contributed by atoms with Gasteiger partial charge in [-0.2, -0.15) is 0 Å². The van der Waals surface area contributed by atoms with Gasteiger partial charge in [-0.3, -0.25) is 4.79 Å². The minimum atomic E-state index is -0.599. The molecular formula is C18H17FO5. The Morgan fingerprint density at radius 2 is 1.58 bits per heavy atom. The van der Waals surface area contributed by atoms with Gasteiger partial charge in [0, 0.05) is 5.56 Å². The molecule has 0 aliphatic carbocycles. The van der Waals surface area contributed by atoms with Crippen molar-refractivity contribution in [3.63, 3.8) is 0 Å². The number of epoxide rings is 1. The van der Waals surface area contributed by atoms with Crippen molar-refractivity contribution in [1.82, 2.24) is 0 Å². The van der Waals surface area contributed by atoms with Crippen LogP contribution in [0.3, 0.4) is 0 Å². The van der Waals surface area contributed by atoms with E-state index in [1.165, 1.54) is 33.5 Å². The number of carbonyl (C=O) groups is 1. The molecule has 0 radical (unpaired) electrons. The summed E-state index contributed by atoms with van der Waals surface area (Å²) in [5.74, 6) is 0.706. The normalized spacial score (nSPS) is 18.8. The first-order valence-corrected chi connectivity index (χ1v) is 7.34. The molecule has 1 fully saturated rings. The van der Waals surface area contributed by atoms with Crippen molar-refractivity contribution in [2.45, 2.75) is 12.2 Å². The van der Waals surface area contributed by atoms with Crippen LogP contribution in [0.15, 0.2) is 36.4 Å². The minimum absolute atomic E-state index is 0.191. The summed E-state index contributed by atoms with van der Waals surface area (Å²) in [6, 6.07) is 9.10. The molecule has 2 atom stereocenters. The van der Waals surface area contributed by atoms with Crippen molar-refractivity contribution in [2.24, 2.45) is 0 Å². The standard InChI is InChI=1S/C18H17FO5/c1-21-13-8-11(9-14(22-2)17(13)23-3)15(20)18-16(24-18)10-4-6-12(19)7-5-10/h4-9,16,18H,1-3H3. The lowest BCUT2D eigenvalue weighted by molar-refractivity contribution is 0.0953. The van der Waals surface area contributed by atoms with E-state index in [4.69, 9.17) is 18.9 Å². The van der Waals surface area contributed by atoms with Crippen LogP contribution in [0.4, 0.5) is 4.39 Å². The molecule has 1 aliphatic rings. The maximum Gasteiger partial charge on any atom is 0.203 e. The van der Waals surface area contributed by atoms with Gasteiger partial charge in [0.25, 0.3) is 0 Å². The minimum Gasteiger partial charge on any atom is -0.493 e. The third-order valence-corrected chi connectivity index (χ3v) is 3.90. The lowest BCUT2D eigenvalue weighted by Crippen LogP contribution is -2.09. The van der Waals surface area contributed by atoms with Crippen molar-refractivity contribution in [2.75, 3.05) is 21.3 Å². The number of hydrogen-bond acceptors (Lipinski definition) is 5. The fraction of sp³-hybridized carbons (Fsp3) is 0.278. The van der Waals surface area contributed by atoms with Crippen molar-refractivity contribution in [3.8, 4) is 17.2 Å².